The van der Waals surface area contributed by atoms with Crippen molar-refractivity contribution in [2.75, 3.05) is 0 Å². The highest BCUT2D eigenvalue weighted by atomic mass is 79.9. The van der Waals surface area contributed by atoms with E-state index in [4.69, 9.17) is 0 Å². The van der Waals surface area contributed by atoms with Crippen LogP contribution in [0.2, 0.25) is 0 Å². The van der Waals surface area contributed by atoms with E-state index in [2.05, 4.69) is 33.1 Å². The van der Waals surface area contributed by atoms with Crippen LogP contribution in [0.1, 0.15) is 22.3 Å². The van der Waals surface area contributed by atoms with Crippen LogP contribution < -0.4 is 0 Å². The van der Waals surface area contributed by atoms with Crippen molar-refractivity contribution in [3.63, 3.8) is 0 Å². The van der Waals surface area contributed by atoms with Crippen molar-refractivity contribution >= 4 is 27.8 Å². The van der Waals surface area contributed by atoms with Gasteiger partial charge in [0.05, 0.1) is 10.2 Å². The third kappa shape index (κ3) is 3.92. The predicted molar refractivity (Wildman–Crippen MR) is 103 cm³/mol. The van der Waals surface area contributed by atoms with Crippen LogP contribution in [0, 0.1) is 6.92 Å². The van der Waals surface area contributed by atoms with Crippen molar-refractivity contribution in [1.29, 1.82) is 0 Å². The second-order valence-corrected chi connectivity index (χ2v) is 6.58. The fourth-order valence-corrected chi connectivity index (χ4v) is 3.08. The van der Waals surface area contributed by atoms with Crippen LogP contribution in [0.25, 0.3) is 0 Å². The monoisotopic (exact) mass is 379 g/mol. The van der Waals surface area contributed by atoms with E-state index >= 15 is 0 Å². The van der Waals surface area contributed by atoms with Crippen LogP contribution in [0.3, 0.4) is 0 Å². The second-order valence-electron chi connectivity index (χ2n) is 5.72. The maximum absolute atomic E-state index is 10.3. The normalized spacial score (nSPS) is 11.1. The summed E-state index contributed by atoms with van der Waals surface area (Å²) in [6.45, 7) is 2.02. The lowest BCUT2D eigenvalue weighted by Crippen LogP contribution is -1.92. The van der Waals surface area contributed by atoms with Gasteiger partial charge in [-0.1, -0.05) is 48.5 Å². The van der Waals surface area contributed by atoms with Gasteiger partial charge in [-0.2, -0.15) is 0 Å². The molecule has 0 saturated heterocycles. The number of hydrogen-bond acceptors (Lipinski definition) is 2. The summed E-state index contributed by atoms with van der Waals surface area (Å²) in [7, 11) is 0. The molecule has 0 radical (unpaired) electrons. The lowest BCUT2D eigenvalue weighted by Gasteiger charge is -2.08. The van der Waals surface area contributed by atoms with Gasteiger partial charge in [0.2, 0.25) is 0 Å². The molecular formula is C21H18BrNO. The van der Waals surface area contributed by atoms with Crippen molar-refractivity contribution < 1.29 is 5.11 Å². The molecule has 0 bridgehead atoms. The molecule has 120 valence electrons. The molecule has 0 fully saturated rings. The van der Waals surface area contributed by atoms with Crippen LogP contribution in [-0.4, -0.2) is 11.3 Å². The highest BCUT2D eigenvalue weighted by Crippen LogP contribution is 2.30. The van der Waals surface area contributed by atoms with Gasteiger partial charge in [0.25, 0.3) is 0 Å². The number of para-hydroxylation sites is 1. The number of rotatable bonds is 4. The molecule has 0 spiro atoms. The molecule has 0 saturated carbocycles. The van der Waals surface area contributed by atoms with Gasteiger partial charge in [0.1, 0.15) is 5.75 Å². The Labute approximate surface area is 150 Å². The number of aryl methyl sites for hydroxylation is 1. The van der Waals surface area contributed by atoms with E-state index in [-0.39, 0.29) is 5.75 Å². The minimum atomic E-state index is 0.212. The Bertz CT molecular complexity index is 872. The number of phenolic OH excluding ortho intramolecular Hbond substituents is 1. The summed E-state index contributed by atoms with van der Waals surface area (Å²) in [5.41, 5.74) is 5.07. The molecule has 0 amide bonds. The zero-order chi connectivity index (χ0) is 16.9. The first-order chi connectivity index (χ1) is 11.6. The zero-order valence-corrected chi connectivity index (χ0v) is 15.0. The summed E-state index contributed by atoms with van der Waals surface area (Å²) in [4.78, 5) is 4.52. The summed E-state index contributed by atoms with van der Waals surface area (Å²) in [5, 5.41) is 10.3. The molecule has 24 heavy (non-hydrogen) atoms. The van der Waals surface area contributed by atoms with Crippen LogP contribution >= 0.6 is 15.9 Å². The maximum Gasteiger partial charge on any atom is 0.138 e. The van der Waals surface area contributed by atoms with Crippen molar-refractivity contribution in [3.8, 4) is 5.75 Å². The van der Waals surface area contributed by atoms with Gasteiger partial charge < -0.3 is 5.11 Å². The summed E-state index contributed by atoms with van der Waals surface area (Å²) in [5.74, 6) is 0.212. The Morgan fingerprint density at radius 2 is 1.67 bits per heavy atom. The van der Waals surface area contributed by atoms with Crippen molar-refractivity contribution in [2.45, 2.75) is 13.3 Å². The van der Waals surface area contributed by atoms with Crippen LogP contribution in [0.4, 0.5) is 5.69 Å². The molecule has 2 nitrogen and oxygen atoms in total. The Morgan fingerprint density at radius 1 is 0.958 bits per heavy atom. The highest BCUT2D eigenvalue weighted by Gasteiger charge is 2.07. The van der Waals surface area contributed by atoms with Crippen LogP contribution in [0.15, 0.2) is 76.2 Å². The third-order valence-corrected chi connectivity index (χ3v) is 4.47. The fourth-order valence-electron chi connectivity index (χ4n) is 2.56. The molecule has 3 rings (SSSR count). The average Bonchev–Trinajstić information content (AvgIpc) is 2.59. The zero-order valence-electron chi connectivity index (χ0n) is 13.4. The molecule has 0 atom stereocenters. The Hall–Kier alpha value is -2.39. The van der Waals surface area contributed by atoms with Crippen LogP contribution in [0.5, 0.6) is 5.75 Å². The van der Waals surface area contributed by atoms with E-state index in [1.807, 2.05) is 61.5 Å². The van der Waals surface area contributed by atoms with Gasteiger partial charge >= 0.3 is 0 Å². The van der Waals surface area contributed by atoms with Gasteiger partial charge in [-0.3, -0.25) is 4.99 Å². The van der Waals surface area contributed by atoms with Gasteiger partial charge in [-0.25, -0.2) is 0 Å². The molecule has 1 N–H and O–H groups in total. The Balaban J connectivity index is 1.91. The molecule has 0 unspecified atom stereocenters. The van der Waals surface area contributed by atoms with Crippen molar-refractivity contribution in [2.24, 2.45) is 4.99 Å². The minimum Gasteiger partial charge on any atom is -0.506 e. The maximum atomic E-state index is 10.3. The predicted octanol–water partition coefficient (Wildman–Crippen LogP) is 5.80. The van der Waals surface area contributed by atoms with E-state index in [9.17, 15) is 5.11 Å². The van der Waals surface area contributed by atoms with E-state index in [1.165, 1.54) is 5.56 Å². The molecular weight excluding hydrogens is 362 g/mol. The highest BCUT2D eigenvalue weighted by molar-refractivity contribution is 9.10. The summed E-state index contributed by atoms with van der Waals surface area (Å²) in [6.07, 6.45) is 2.53. The van der Waals surface area contributed by atoms with Gasteiger partial charge in [0, 0.05) is 11.8 Å². The number of aromatic hydroxyl groups is 1. The number of aliphatic imine (C=N–C) groups is 1. The van der Waals surface area contributed by atoms with E-state index < -0.39 is 0 Å². The van der Waals surface area contributed by atoms with Crippen molar-refractivity contribution in [3.05, 3.63) is 93.5 Å². The quantitative estimate of drug-likeness (QED) is 0.570. The lowest BCUT2D eigenvalue weighted by molar-refractivity contribution is 0.471. The number of halogens is 1. The van der Waals surface area contributed by atoms with E-state index in [1.54, 1.807) is 6.21 Å². The summed E-state index contributed by atoms with van der Waals surface area (Å²) in [6, 6.07) is 22.1. The number of hydrogen-bond donors (Lipinski definition) is 1. The summed E-state index contributed by atoms with van der Waals surface area (Å²) < 4.78 is 0.683. The average molecular weight is 380 g/mol. The fraction of sp³-hybridized carbons (Fsp3) is 0.0952. The van der Waals surface area contributed by atoms with E-state index in [0.29, 0.717) is 10.0 Å². The number of benzene rings is 3. The van der Waals surface area contributed by atoms with Gasteiger partial charge in [0.15, 0.2) is 0 Å². The molecule has 3 aromatic rings. The van der Waals surface area contributed by atoms with Gasteiger partial charge in [-0.15, -0.1) is 0 Å². The molecule has 3 aromatic carbocycles. The number of phenols is 1. The molecule has 0 aromatic heterocycles. The smallest absolute Gasteiger partial charge is 0.138 e. The largest absolute Gasteiger partial charge is 0.506 e. The topological polar surface area (TPSA) is 32.6 Å². The SMILES string of the molecule is Cc1ccccc1N=Cc1cc(Cc2ccccc2)cc(Br)c1O. The molecule has 3 heteroatoms. The standard InChI is InChI=1S/C21H18BrNO/c1-15-7-5-6-10-20(15)23-14-18-12-17(13-19(22)21(18)24)11-16-8-3-2-4-9-16/h2-10,12-14,24H,11H2,1H3. The second kappa shape index (κ2) is 7.45. The third-order valence-electron chi connectivity index (χ3n) is 3.86. The first-order valence-electron chi connectivity index (χ1n) is 7.78. The first-order valence-corrected chi connectivity index (χ1v) is 8.58. The Kier molecular flexibility index (Phi) is 5.11. The minimum absolute atomic E-state index is 0.212. The number of nitrogens with zero attached hydrogens (tertiary/aromatic N) is 1. The van der Waals surface area contributed by atoms with Crippen LogP contribution in [-0.2, 0) is 6.42 Å². The molecule has 0 heterocycles. The molecule has 0 aliphatic rings. The van der Waals surface area contributed by atoms with E-state index in [0.717, 1.165) is 23.2 Å². The molecule has 0 aliphatic heterocycles. The lowest BCUT2D eigenvalue weighted by atomic mass is 10.0. The first kappa shape index (κ1) is 16.5. The van der Waals surface area contributed by atoms with Gasteiger partial charge in [-0.05, 0) is 64.2 Å². The summed E-state index contributed by atoms with van der Waals surface area (Å²) >= 11 is 3.44. The Morgan fingerprint density at radius 3 is 2.42 bits per heavy atom. The molecule has 0 aliphatic carbocycles. The van der Waals surface area contributed by atoms with Crippen molar-refractivity contribution in [1.82, 2.24) is 0 Å².